The topological polar surface area (TPSA) is 85.4 Å². The molecule has 5 nitrogen and oxygen atoms in total. The second-order valence-corrected chi connectivity index (χ2v) is 5.87. The molecule has 1 aromatic heterocycles. The van der Waals surface area contributed by atoms with E-state index in [-0.39, 0.29) is 18.1 Å². The number of primary amides is 1. The number of pyridine rings is 1. The average molecular weight is 348 g/mol. The van der Waals surface area contributed by atoms with Crippen molar-refractivity contribution in [2.24, 2.45) is 5.73 Å². The minimum atomic E-state index is -0.581. The fourth-order valence-corrected chi connectivity index (χ4v) is 2.66. The van der Waals surface area contributed by atoms with Crippen molar-refractivity contribution in [3.05, 3.63) is 78.0 Å². The monoisotopic (exact) mass is 348 g/mol. The summed E-state index contributed by atoms with van der Waals surface area (Å²) in [7, 11) is 0. The van der Waals surface area contributed by atoms with Crippen molar-refractivity contribution in [2.45, 2.75) is 12.8 Å². The first-order chi connectivity index (χ1) is 12.7. The number of aromatic nitrogens is 1. The second kappa shape index (κ2) is 8.27. The van der Waals surface area contributed by atoms with Crippen LogP contribution in [0.25, 0.3) is 11.1 Å². The maximum atomic E-state index is 11.5. The van der Waals surface area contributed by atoms with Crippen LogP contribution >= 0.6 is 0 Å². The van der Waals surface area contributed by atoms with Gasteiger partial charge in [0.15, 0.2) is 0 Å². The number of carbonyl (C=O) groups is 1. The Labute approximate surface area is 152 Å². The fraction of sp³-hybridized carbons (Fsp3) is 0.143. The molecule has 3 aromatic rings. The number of rotatable bonds is 7. The Balaban J connectivity index is 1.82. The number of benzene rings is 2. The molecule has 3 rings (SSSR count). The molecule has 0 spiro atoms. The summed E-state index contributed by atoms with van der Waals surface area (Å²) >= 11 is 0. The summed E-state index contributed by atoms with van der Waals surface area (Å²) in [4.78, 5) is 15.6. The number of aliphatic hydroxyl groups is 1. The fourth-order valence-electron chi connectivity index (χ4n) is 2.66. The maximum Gasteiger partial charge on any atom is 0.254 e. The smallest absolute Gasteiger partial charge is 0.254 e. The summed E-state index contributed by atoms with van der Waals surface area (Å²) in [5.74, 6) is 0.187. The second-order valence-electron chi connectivity index (χ2n) is 5.87. The van der Waals surface area contributed by atoms with Crippen LogP contribution in [0.3, 0.4) is 0 Å². The van der Waals surface area contributed by atoms with Crippen LogP contribution in [0.2, 0.25) is 0 Å². The summed E-state index contributed by atoms with van der Waals surface area (Å²) in [6.07, 6.45) is 3.17. The minimum absolute atomic E-state index is 0.191. The van der Waals surface area contributed by atoms with Crippen molar-refractivity contribution < 1.29 is 14.6 Å². The third-order valence-electron chi connectivity index (χ3n) is 4.00. The van der Waals surface area contributed by atoms with Crippen molar-refractivity contribution in [2.75, 3.05) is 6.61 Å². The SMILES string of the molecule is NC(=O)c1cccnc1Oc1cccc(-c2ccc(CCCO)cc2)c1. The zero-order chi connectivity index (χ0) is 18.4. The number of nitrogens with two attached hydrogens (primary N) is 1. The first-order valence-electron chi connectivity index (χ1n) is 8.40. The molecule has 132 valence electrons. The van der Waals surface area contributed by atoms with Gasteiger partial charge in [0.1, 0.15) is 11.3 Å². The lowest BCUT2D eigenvalue weighted by Gasteiger charge is -2.10. The Morgan fingerprint density at radius 1 is 1.04 bits per heavy atom. The summed E-state index contributed by atoms with van der Waals surface area (Å²) in [6.45, 7) is 0.196. The summed E-state index contributed by atoms with van der Waals surface area (Å²) in [6, 6.07) is 19.0. The highest BCUT2D eigenvalue weighted by atomic mass is 16.5. The summed E-state index contributed by atoms with van der Waals surface area (Å²) < 4.78 is 5.77. The third kappa shape index (κ3) is 4.26. The maximum absolute atomic E-state index is 11.5. The minimum Gasteiger partial charge on any atom is -0.438 e. The van der Waals surface area contributed by atoms with Crippen molar-refractivity contribution in [3.8, 4) is 22.8 Å². The molecule has 3 N–H and O–H groups in total. The molecule has 26 heavy (non-hydrogen) atoms. The lowest BCUT2D eigenvalue weighted by molar-refractivity contribution is 0.0997. The van der Waals surface area contributed by atoms with Crippen LogP contribution < -0.4 is 10.5 Å². The van der Waals surface area contributed by atoms with E-state index < -0.39 is 5.91 Å². The Morgan fingerprint density at radius 3 is 2.58 bits per heavy atom. The van der Waals surface area contributed by atoms with E-state index in [4.69, 9.17) is 15.6 Å². The molecule has 0 unspecified atom stereocenters. The number of ether oxygens (including phenoxy) is 1. The van der Waals surface area contributed by atoms with Crippen molar-refractivity contribution in [1.29, 1.82) is 0 Å². The van der Waals surface area contributed by atoms with Gasteiger partial charge in [-0.15, -0.1) is 0 Å². The van der Waals surface area contributed by atoms with Crippen LogP contribution in [0, 0.1) is 0 Å². The average Bonchev–Trinajstić information content (AvgIpc) is 2.67. The third-order valence-corrected chi connectivity index (χ3v) is 4.00. The molecule has 0 atom stereocenters. The molecule has 0 aliphatic rings. The highest BCUT2D eigenvalue weighted by Crippen LogP contribution is 2.28. The van der Waals surface area contributed by atoms with Crippen LogP contribution in [0.1, 0.15) is 22.3 Å². The lowest BCUT2D eigenvalue weighted by atomic mass is 10.0. The van der Waals surface area contributed by atoms with E-state index in [0.717, 1.165) is 24.0 Å². The van der Waals surface area contributed by atoms with Crippen LogP contribution in [-0.2, 0) is 6.42 Å². The van der Waals surface area contributed by atoms with E-state index in [0.29, 0.717) is 5.75 Å². The molecule has 2 aromatic carbocycles. The van der Waals surface area contributed by atoms with Crippen LogP contribution in [0.15, 0.2) is 66.9 Å². The van der Waals surface area contributed by atoms with Gasteiger partial charge in [0, 0.05) is 12.8 Å². The van der Waals surface area contributed by atoms with Crippen molar-refractivity contribution in [3.63, 3.8) is 0 Å². The van der Waals surface area contributed by atoms with Gasteiger partial charge in [0.25, 0.3) is 5.91 Å². The number of amides is 1. The van der Waals surface area contributed by atoms with Crippen LogP contribution in [0.5, 0.6) is 11.6 Å². The number of aryl methyl sites for hydroxylation is 1. The van der Waals surface area contributed by atoms with E-state index in [9.17, 15) is 4.79 Å². The Hall–Kier alpha value is -3.18. The van der Waals surface area contributed by atoms with Gasteiger partial charge >= 0.3 is 0 Å². The first-order valence-corrected chi connectivity index (χ1v) is 8.40. The number of hydrogen-bond donors (Lipinski definition) is 2. The standard InChI is InChI=1S/C21H20N2O3/c22-20(25)19-7-2-12-23-21(19)26-18-6-1-5-17(14-18)16-10-8-15(9-11-16)4-3-13-24/h1-2,5-12,14,24H,3-4,13H2,(H2,22,25). The summed E-state index contributed by atoms with van der Waals surface area (Å²) in [5.41, 5.74) is 8.84. The summed E-state index contributed by atoms with van der Waals surface area (Å²) in [5, 5.41) is 8.92. The molecule has 0 radical (unpaired) electrons. The molecule has 0 aliphatic heterocycles. The highest BCUT2D eigenvalue weighted by molar-refractivity contribution is 5.95. The molecule has 5 heteroatoms. The Bertz CT molecular complexity index is 892. The van der Waals surface area contributed by atoms with Crippen molar-refractivity contribution >= 4 is 5.91 Å². The first kappa shape index (κ1) is 17.6. The van der Waals surface area contributed by atoms with Gasteiger partial charge in [-0.3, -0.25) is 4.79 Å². The van der Waals surface area contributed by atoms with E-state index in [1.165, 1.54) is 5.56 Å². The highest BCUT2D eigenvalue weighted by Gasteiger charge is 2.11. The zero-order valence-electron chi connectivity index (χ0n) is 14.3. The molecule has 0 bridgehead atoms. The van der Waals surface area contributed by atoms with Gasteiger partial charge in [-0.1, -0.05) is 36.4 Å². The number of hydrogen-bond acceptors (Lipinski definition) is 4. The van der Waals surface area contributed by atoms with E-state index in [2.05, 4.69) is 17.1 Å². The molecular formula is C21H20N2O3. The molecule has 0 saturated heterocycles. The molecule has 1 heterocycles. The molecule has 0 saturated carbocycles. The molecule has 1 amide bonds. The quantitative estimate of drug-likeness (QED) is 0.683. The van der Waals surface area contributed by atoms with Gasteiger partial charge in [-0.2, -0.15) is 0 Å². The predicted octanol–water partition coefficient (Wildman–Crippen LogP) is 3.56. The van der Waals surface area contributed by atoms with Gasteiger partial charge in [-0.25, -0.2) is 4.98 Å². The normalized spacial score (nSPS) is 10.5. The largest absolute Gasteiger partial charge is 0.438 e. The molecule has 0 fully saturated rings. The number of aliphatic hydroxyl groups excluding tert-OH is 1. The molecular weight excluding hydrogens is 328 g/mol. The Morgan fingerprint density at radius 2 is 1.85 bits per heavy atom. The van der Waals surface area contributed by atoms with Crippen LogP contribution in [-0.4, -0.2) is 22.6 Å². The van der Waals surface area contributed by atoms with Gasteiger partial charge in [-0.05, 0) is 53.8 Å². The number of nitrogens with zero attached hydrogens (tertiary/aromatic N) is 1. The van der Waals surface area contributed by atoms with E-state index in [1.807, 2.05) is 30.3 Å². The number of carbonyl (C=O) groups excluding carboxylic acids is 1. The van der Waals surface area contributed by atoms with E-state index in [1.54, 1.807) is 24.4 Å². The van der Waals surface area contributed by atoms with Gasteiger partial charge < -0.3 is 15.6 Å². The molecule has 0 aliphatic carbocycles. The van der Waals surface area contributed by atoms with Crippen LogP contribution in [0.4, 0.5) is 0 Å². The Kier molecular flexibility index (Phi) is 5.61. The van der Waals surface area contributed by atoms with E-state index >= 15 is 0 Å². The van der Waals surface area contributed by atoms with Crippen molar-refractivity contribution in [1.82, 2.24) is 4.98 Å². The van der Waals surface area contributed by atoms with Gasteiger partial charge in [0.2, 0.25) is 5.88 Å². The predicted molar refractivity (Wildman–Crippen MR) is 100 cm³/mol. The van der Waals surface area contributed by atoms with Gasteiger partial charge in [0.05, 0.1) is 0 Å². The lowest BCUT2D eigenvalue weighted by Crippen LogP contribution is -2.12. The zero-order valence-corrected chi connectivity index (χ0v) is 14.3.